The van der Waals surface area contributed by atoms with Gasteiger partial charge in [0.25, 0.3) is 5.56 Å². The van der Waals surface area contributed by atoms with Crippen molar-refractivity contribution in [2.75, 3.05) is 6.61 Å². The number of benzene rings is 1. The highest BCUT2D eigenvalue weighted by Crippen LogP contribution is 2.31. The van der Waals surface area contributed by atoms with Crippen molar-refractivity contribution in [3.63, 3.8) is 0 Å². The van der Waals surface area contributed by atoms with Crippen molar-refractivity contribution in [1.29, 1.82) is 0 Å². The number of hydrogen-bond donors (Lipinski definition) is 2. The third-order valence-corrected chi connectivity index (χ3v) is 4.47. The van der Waals surface area contributed by atoms with E-state index in [0.717, 1.165) is 10.1 Å². The summed E-state index contributed by atoms with van der Waals surface area (Å²) in [6.45, 7) is 2.86. The van der Waals surface area contributed by atoms with Crippen LogP contribution in [0.3, 0.4) is 0 Å². The van der Waals surface area contributed by atoms with Crippen LogP contribution < -0.4 is 11.2 Å². The van der Waals surface area contributed by atoms with Gasteiger partial charge in [0.2, 0.25) is 0 Å². The van der Waals surface area contributed by atoms with Crippen LogP contribution in [0.25, 0.3) is 0 Å². The molecule has 4 atom stereocenters. The summed E-state index contributed by atoms with van der Waals surface area (Å²) in [6, 6.07) is 9.35. The maximum Gasteiger partial charge on any atom is 0.330 e. The van der Waals surface area contributed by atoms with E-state index in [1.165, 1.54) is 20.0 Å². The molecule has 1 fully saturated rings. The number of aliphatic hydroxyl groups excluding tert-OH is 1. The standard InChI is InChI=1S/C19H22N2O7/c1-11-8-21(19(25)20-17(11)24)18-15(23)16(14(28-18)10-26-12(2)22)27-9-13-6-4-3-5-7-13/h3-8,14-16,18,23H,9-10H2,1-2H3,(H,20,24,25)/t14-,15-,16+,18-/m1/s1. The number of H-pyrrole nitrogens is 1. The second-order valence-corrected chi connectivity index (χ2v) is 6.60. The maximum atomic E-state index is 12.2. The summed E-state index contributed by atoms with van der Waals surface area (Å²) in [5.41, 5.74) is -0.0429. The molecule has 0 bridgehead atoms. The Kier molecular flexibility index (Phi) is 6.08. The van der Waals surface area contributed by atoms with Gasteiger partial charge >= 0.3 is 11.7 Å². The Morgan fingerprint density at radius 2 is 2.00 bits per heavy atom. The monoisotopic (exact) mass is 390 g/mol. The van der Waals surface area contributed by atoms with Gasteiger partial charge in [-0.05, 0) is 12.5 Å². The molecule has 0 unspecified atom stereocenters. The van der Waals surface area contributed by atoms with E-state index in [2.05, 4.69) is 4.98 Å². The minimum Gasteiger partial charge on any atom is -0.463 e. The third-order valence-electron chi connectivity index (χ3n) is 4.47. The lowest BCUT2D eigenvalue weighted by Crippen LogP contribution is -2.39. The summed E-state index contributed by atoms with van der Waals surface area (Å²) in [7, 11) is 0. The van der Waals surface area contributed by atoms with Gasteiger partial charge in [-0.15, -0.1) is 0 Å². The van der Waals surface area contributed by atoms with Crippen LogP contribution in [0.5, 0.6) is 0 Å². The molecular formula is C19H22N2O7. The lowest BCUT2D eigenvalue weighted by Gasteiger charge is -2.21. The van der Waals surface area contributed by atoms with E-state index in [1.54, 1.807) is 0 Å². The van der Waals surface area contributed by atoms with Crippen LogP contribution in [-0.4, -0.2) is 45.5 Å². The van der Waals surface area contributed by atoms with Crippen LogP contribution in [0.2, 0.25) is 0 Å². The number of carbonyl (C=O) groups is 1. The summed E-state index contributed by atoms with van der Waals surface area (Å²) >= 11 is 0. The van der Waals surface area contributed by atoms with Crippen LogP contribution in [0, 0.1) is 6.92 Å². The number of aryl methyl sites for hydroxylation is 1. The smallest absolute Gasteiger partial charge is 0.330 e. The Hall–Kier alpha value is -2.75. The Balaban J connectivity index is 1.83. The number of rotatable bonds is 6. The van der Waals surface area contributed by atoms with Crippen LogP contribution in [0.15, 0.2) is 46.1 Å². The summed E-state index contributed by atoms with van der Waals surface area (Å²) in [5, 5.41) is 10.8. The second kappa shape index (κ2) is 8.51. The first-order chi connectivity index (χ1) is 13.4. The summed E-state index contributed by atoms with van der Waals surface area (Å²) in [4.78, 5) is 37.1. The minimum absolute atomic E-state index is 0.139. The Bertz CT molecular complexity index is 937. The van der Waals surface area contributed by atoms with Crippen molar-refractivity contribution >= 4 is 5.97 Å². The molecule has 1 saturated heterocycles. The topological polar surface area (TPSA) is 120 Å². The molecule has 2 N–H and O–H groups in total. The minimum atomic E-state index is -1.22. The van der Waals surface area contributed by atoms with E-state index in [1.807, 2.05) is 30.3 Å². The third kappa shape index (κ3) is 4.38. The lowest BCUT2D eigenvalue weighted by atomic mass is 10.1. The molecule has 2 aromatic rings. The zero-order valence-corrected chi connectivity index (χ0v) is 15.5. The molecule has 9 heteroatoms. The highest BCUT2D eigenvalue weighted by atomic mass is 16.6. The van der Waals surface area contributed by atoms with Crippen LogP contribution in [0.1, 0.15) is 24.3 Å². The van der Waals surface area contributed by atoms with Gasteiger partial charge in [-0.1, -0.05) is 30.3 Å². The average molecular weight is 390 g/mol. The quantitative estimate of drug-likeness (QED) is 0.679. The SMILES string of the molecule is CC(=O)OC[C@H]1O[C@@H](n2cc(C)c(=O)[nH]c2=O)[C@H](O)[C@H]1OCc1ccccc1. The summed E-state index contributed by atoms with van der Waals surface area (Å²) in [5.74, 6) is -0.500. The van der Waals surface area contributed by atoms with Gasteiger partial charge in [-0.2, -0.15) is 0 Å². The molecule has 2 heterocycles. The Labute approximate surface area is 160 Å². The Morgan fingerprint density at radius 1 is 1.29 bits per heavy atom. The van der Waals surface area contributed by atoms with Crippen molar-refractivity contribution in [1.82, 2.24) is 9.55 Å². The fourth-order valence-electron chi connectivity index (χ4n) is 3.03. The van der Waals surface area contributed by atoms with Crippen LogP contribution in [-0.2, 0) is 25.6 Å². The maximum absolute atomic E-state index is 12.2. The van der Waals surface area contributed by atoms with Crippen molar-refractivity contribution in [2.45, 2.75) is 45.0 Å². The van der Waals surface area contributed by atoms with E-state index < -0.39 is 41.8 Å². The molecule has 0 saturated carbocycles. The molecule has 3 rings (SSSR count). The fraction of sp³-hybridized carbons (Fsp3) is 0.421. The van der Waals surface area contributed by atoms with Crippen molar-refractivity contribution < 1.29 is 24.1 Å². The molecular weight excluding hydrogens is 368 g/mol. The molecule has 28 heavy (non-hydrogen) atoms. The van der Waals surface area contributed by atoms with Gasteiger partial charge in [-0.25, -0.2) is 4.79 Å². The number of hydrogen-bond acceptors (Lipinski definition) is 7. The van der Waals surface area contributed by atoms with Crippen molar-refractivity contribution in [2.24, 2.45) is 0 Å². The predicted octanol–water partition coefficient (Wildman–Crippen LogP) is 0.252. The number of nitrogens with one attached hydrogen (secondary N) is 1. The molecule has 0 radical (unpaired) electrons. The molecule has 0 spiro atoms. The van der Waals surface area contributed by atoms with Crippen LogP contribution >= 0.6 is 0 Å². The number of aliphatic hydroxyl groups is 1. The van der Waals surface area contributed by atoms with E-state index in [4.69, 9.17) is 14.2 Å². The average Bonchev–Trinajstić information content (AvgIpc) is 2.97. The van der Waals surface area contributed by atoms with Gasteiger partial charge < -0.3 is 19.3 Å². The van der Waals surface area contributed by atoms with E-state index in [0.29, 0.717) is 5.56 Å². The van der Waals surface area contributed by atoms with Crippen molar-refractivity contribution in [3.05, 3.63) is 68.5 Å². The van der Waals surface area contributed by atoms with E-state index in [-0.39, 0.29) is 13.2 Å². The number of aromatic amines is 1. The first-order valence-electron chi connectivity index (χ1n) is 8.81. The number of nitrogens with zero attached hydrogens (tertiary/aromatic N) is 1. The first-order valence-corrected chi connectivity index (χ1v) is 8.81. The van der Waals surface area contributed by atoms with Gasteiger partial charge in [0.05, 0.1) is 6.61 Å². The number of carbonyl (C=O) groups excluding carboxylic acids is 1. The van der Waals surface area contributed by atoms with Crippen LogP contribution in [0.4, 0.5) is 0 Å². The lowest BCUT2D eigenvalue weighted by molar-refractivity contribution is -0.148. The molecule has 1 aliphatic rings. The van der Waals surface area contributed by atoms with E-state index >= 15 is 0 Å². The largest absolute Gasteiger partial charge is 0.463 e. The number of ether oxygens (including phenoxy) is 3. The zero-order chi connectivity index (χ0) is 20.3. The van der Waals surface area contributed by atoms with E-state index in [9.17, 15) is 19.5 Å². The zero-order valence-electron chi connectivity index (χ0n) is 15.5. The molecule has 0 amide bonds. The summed E-state index contributed by atoms with van der Waals surface area (Å²) < 4.78 is 17.7. The molecule has 0 aliphatic carbocycles. The second-order valence-electron chi connectivity index (χ2n) is 6.60. The molecule has 150 valence electrons. The summed E-state index contributed by atoms with van der Waals surface area (Å²) in [6.07, 6.45) is -2.62. The van der Waals surface area contributed by atoms with Gasteiger partial charge in [0, 0.05) is 18.7 Å². The fourth-order valence-corrected chi connectivity index (χ4v) is 3.03. The van der Waals surface area contributed by atoms with Gasteiger partial charge in [0.15, 0.2) is 6.23 Å². The predicted molar refractivity (Wildman–Crippen MR) is 97.6 cm³/mol. The highest BCUT2D eigenvalue weighted by molar-refractivity contribution is 5.65. The molecule has 9 nitrogen and oxygen atoms in total. The number of esters is 1. The van der Waals surface area contributed by atoms with Gasteiger partial charge in [-0.3, -0.25) is 19.1 Å². The first kappa shape index (κ1) is 20.0. The normalized spacial score (nSPS) is 24.2. The van der Waals surface area contributed by atoms with Gasteiger partial charge in [0.1, 0.15) is 24.9 Å². The van der Waals surface area contributed by atoms with Crippen molar-refractivity contribution in [3.8, 4) is 0 Å². The Morgan fingerprint density at radius 3 is 2.68 bits per heavy atom. The molecule has 1 aromatic heterocycles. The highest BCUT2D eigenvalue weighted by Gasteiger charge is 2.46. The molecule has 1 aromatic carbocycles. The number of aromatic nitrogens is 2. The molecule has 1 aliphatic heterocycles.